The summed E-state index contributed by atoms with van der Waals surface area (Å²) in [4.78, 5) is 28.7. The van der Waals surface area contributed by atoms with Crippen molar-refractivity contribution >= 4 is 23.4 Å². The van der Waals surface area contributed by atoms with Crippen LogP contribution in [0, 0.1) is 10.1 Å². The van der Waals surface area contributed by atoms with E-state index in [9.17, 15) is 14.9 Å². The Hall–Kier alpha value is -2.41. The number of aromatic nitrogens is 1. The zero-order valence-corrected chi connectivity index (χ0v) is 13.9. The fourth-order valence-corrected chi connectivity index (χ4v) is 2.49. The first kappa shape index (κ1) is 17.0. The molecule has 1 atom stereocenters. The number of hydrogen-bond acceptors (Lipinski definition) is 5. The van der Waals surface area contributed by atoms with Gasteiger partial charge in [0.15, 0.2) is 0 Å². The van der Waals surface area contributed by atoms with Crippen molar-refractivity contribution in [3.8, 4) is 0 Å². The molecule has 0 spiro atoms. The molecule has 0 N–H and O–H groups in total. The van der Waals surface area contributed by atoms with Crippen LogP contribution >= 0.6 is 11.8 Å². The first-order chi connectivity index (χ1) is 10.9. The minimum atomic E-state index is -0.441. The summed E-state index contributed by atoms with van der Waals surface area (Å²) in [7, 11) is 1.67. The van der Waals surface area contributed by atoms with Crippen molar-refractivity contribution in [1.29, 1.82) is 0 Å². The Kier molecular flexibility index (Phi) is 5.33. The molecule has 2 aromatic rings. The molecule has 0 saturated carbocycles. The smallest absolute Gasteiger partial charge is 0.269 e. The van der Waals surface area contributed by atoms with Gasteiger partial charge in [-0.25, -0.2) is 4.98 Å². The van der Waals surface area contributed by atoms with Gasteiger partial charge in [0.05, 0.1) is 21.6 Å². The average molecular weight is 331 g/mol. The van der Waals surface area contributed by atoms with Crippen LogP contribution in [-0.4, -0.2) is 34.0 Å². The molecule has 0 aliphatic rings. The van der Waals surface area contributed by atoms with Gasteiger partial charge in [-0.2, -0.15) is 0 Å². The number of pyridine rings is 1. The van der Waals surface area contributed by atoms with Crippen molar-refractivity contribution < 1.29 is 9.72 Å². The van der Waals surface area contributed by atoms with E-state index >= 15 is 0 Å². The number of nitrogens with zero attached hydrogens (tertiary/aromatic N) is 3. The summed E-state index contributed by atoms with van der Waals surface area (Å²) < 4.78 is 0. The van der Waals surface area contributed by atoms with E-state index in [4.69, 9.17) is 0 Å². The van der Waals surface area contributed by atoms with Crippen LogP contribution < -0.4 is 0 Å². The number of nitro benzene ring substituents is 1. The van der Waals surface area contributed by atoms with Crippen LogP contribution in [0.25, 0.3) is 0 Å². The summed E-state index contributed by atoms with van der Waals surface area (Å²) in [6.07, 6.45) is 3.46. The standard InChI is InChI=1S/C16H17N3O3S/c1-11(12-5-4-6-14(9-12)19(21)22)18(2)16(20)13-7-8-15(23-3)17-10-13/h4-11H,1-3H3/t11-/m0/s1. The average Bonchev–Trinajstić information content (AvgIpc) is 2.60. The molecular formula is C16H17N3O3S. The highest BCUT2D eigenvalue weighted by atomic mass is 32.2. The number of carbonyl (C=O) groups is 1. The summed E-state index contributed by atoms with van der Waals surface area (Å²) in [6, 6.07) is 9.56. The van der Waals surface area contributed by atoms with E-state index in [0.29, 0.717) is 11.1 Å². The molecule has 120 valence electrons. The zero-order chi connectivity index (χ0) is 17.0. The van der Waals surface area contributed by atoms with Crippen molar-refractivity contribution in [2.24, 2.45) is 0 Å². The minimum Gasteiger partial charge on any atom is -0.335 e. The highest BCUT2D eigenvalue weighted by molar-refractivity contribution is 7.98. The second kappa shape index (κ2) is 7.23. The van der Waals surface area contributed by atoms with E-state index < -0.39 is 4.92 Å². The van der Waals surface area contributed by atoms with Crippen molar-refractivity contribution in [3.63, 3.8) is 0 Å². The third-order valence-electron chi connectivity index (χ3n) is 3.66. The lowest BCUT2D eigenvalue weighted by molar-refractivity contribution is -0.384. The van der Waals surface area contributed by atoms with Crippen molar-refractivity contribution in [3.05, 3.63) is 63.8 Å². The Morgan fingerprint density at radius 1 is 1.35 bits per heavy atom. The molecule has 6 nitrogen and oxygen atoms in total. The Balaban J connectivity index is 2.20. The molecule has 7 heteroatoms. The number of carbonyl (C=O) groups excluding carboxylic acids is 1. The van der Waals surface area contributed by atoms with E-state index in [1.165, 1.54) is 23.9 Å². The Morgan fingerprint density at radius 3 is 2.65 bits per heavy atom. The minimum absolute atomic E-state index is 0.0150. The van der Waals surface area contributed by atoms with Crippen LogP contribution in [0.15, 0.2) is 47.6 Å². The molecule has 0 aliphatic carbocycles. The van der Waals surface area contributed by atoms with Gasteiger partial charge >= 0.3 is 0 Å². The lowest BCUT2D eigenvalue weighted by Gasteiger charge is -2.25. The van der Waals surface area contributed by atoms with E-state index in [2.05, 4.69) is 4.98 Å². The molecule has 0 unspecified atom stereocenters. The van der Waals surface area contributed by atoms with Crippen LogP contribution in [0.5, 0.6) is 0 Å². The summed E-state index contributed by atoms with van der Waals surface area (Å²) >= 11 is 1.51. The zero-order valence-electron chi connectivity index (χ0n) is 13.1. The molecule has 0 radical (unpaired) electrons. The second-order valence-corrected chi connectivity index (χ2v) is 5.86. The third-order valence-corrected chi connectivity index (χ3v) is 4.32. The van der Waals surface area contributed by atoms with Gasteiger partial charge in [0.2, 0.25) is 0 Å². The number of rotatable bonds is 5. The summed E-state index contributed by atoms with van der Waals surface area (Å²) in [5.74, 6) is -0.177. The number of benzene rings is 1. The van der Waals surface area contributed by atoms with Gasteiger partial charge in [0.1, 0.15) is 0 Å². The Morgan fingerprint density at radius 2 is 2.09 bits per heavy atom. The van der Waals surface area contributed by atoms with Crippen molar-refractivity contribution in [2.75, 3.05) is 13.3 Å². The highest BCUT2D eigenvalue weighted by Gasteiger charge is 2.20. The summed E-state index contributed by atoms with van der Waals surface area (Å²) in [5, 5.41) is 11.7. The normalized spacial score (nSPS) is 11.8. The monoisotopic (exact) mass is 331 g/mol. The molecule has 0 saturated heterocycles. The molecule has 2 rings (SSSR count). The summed E-state index contributed by atoms with van der Waals surface area (Å²) in [5.41, 5.74) is 1.22. The maximum absolute atomic E-state index is 12.5. The predicted octanol–water partition coefficient (Wildman–Crippen LogP) is 3.54. The molecule has 1 aromatic heterocycles. The molecule has 23 heavy (non-hydrogen) atoms. The van der Waals surface area contributed by atoms with Gasteiger partial charge < -0.3 is 4.90 Å². The van der Waals surface area contributed by atoms with Gasteiger partial charge in [-0.15, -0.1) is 11.8 Å². The Labute approximate surface area is 138 Å². The van der Waals surface area contributed by atoms with E-state index in [-0.39, 0.29) is 17.6 Å². The summed E-state index contributed by atoms with van der Waals surface area (Å²) in [6.45, 7) is 1.83. The van der Waals surface area contributed by atoms with Gasteiger partial charge in [-0.05, 0) is 30.9 Å². The lowest BCUT2D eigenvalue weighted by Crippen LogP contribution is -2.29. The molecular weight excluding hydrogens is 314 g/mol. The van der Waals surface area contributed by atoms with Crippen molar-refractivity contribution in [1.82, 2.24) is 9.88 Å². The molecule has 0 fully saturated rings. The number of thioether (sulfide) groups is 1. The predicted molar refractivity (Wildman–Crippen MR) is 89.6 cm³/mol. The second-order valence-electron chi connectivity index (χ2n) is 5.03. The molecule has 0 aliphatic heterocycles. The lowest BCUT2D eigenvalue weighted by atomic mass is 10.1. The number of hydrogen-bond donors (Lipinski definition) is 0. The van der Waals surface area contributed by atoms with E-state index in [0.717, 1.165) is 5.03 Å². The van der Waals surface area contributed by atoms with Crippen LogP contribution in [-0.2, 0) is 0 Å². The Bertz CT molecular complexity index is 719. The SMILES string of the molecule is CSc1ccc(C(=O)N(C)[C@@H](C)c2cccc([N+](=O)[O-])c2)cn1. The maximum atomic E-state index is 12.5. The van der Waals surface area contributed by atoms with Gasteiger partial charge in [-0.1, -0.05) is 12.1 Å². The van der Waals surface area contributed by atoms with Crippen LogP contribution in [0.1, 0.15) is 28.9 Å². The van der Waals surface area contributed by atoms with E-state index in [1.54, 1.807) is 42.4 Å². The number of non-ortho nitro benzene ring substituents is 1. The number of amides is 1. The van der Waals surface area contributed by atoms with Crippen LogP contribution in [0.2, 0.25) is 0 Å². The van der Waals surface area contributed by atoms with Gasteiger partial charge in [0.25, 0.3) is 11.6 Å². The first-order valence-corrected chi connectivity index (χ1v) is 8.18. The topological polar surface area (TPSA) is 76.3 Å². The maximum Gasteiger partial charge on any atom is 0.269 e. The molecule has 1 amide bonds. The molecule has 0 bridgehead atoms. The molecule has 1 aromatic carbocycles. The number of nitro groups is 1. The van der Waals surface area contributed by atoms with Gasteiger partial charge in [-0.3, -0.25) is 14.9 Å². The molecule has 1 heterocycles. The quantitative estimate of drug-likeness (QED) is 0.476. The fraction of sp³-hybridized carbons (Fsp3) is 0.250. The first-order valence-electron chi connectivity index (χ1n) is 6.95. The van der Waals surface area contributed by atoms with Crippen LogP contribution in [0.3, 0.4) is 0 Å². The highest BCUT2D eigenvalue weighted by Crippen LogP contribution is 2.24. The fourth-order valence-electron chi connectivity index (χ4n) is 2.13. The third kappa shape index (κ3) is 3.87. The van der Waals surface area contributed by atoms with Gasteiger partial charge in [0, 0.05) is 25.4 Å². The largest absolute Gasteiger partial charge is 0.335 e. The van der Waals surface area contributed by atoms with E-state index in [1.807, 2.05) is 13.2 Å². The van der Waals surface area contributed by atoms with Crippen LogP contribution in [0.4, 0.5) is 5.69 Å². The van der Waals surface area contributed by atoms with Crippen molar-refractivity contribution in [2.45, 2.75) is 18.0 Å².